The third kappa shape index (κ3) is 3.16. The van der Waals surface area contributed by atoms with Crippen molar-refractivity contribution in [3.05, 3.63) is 58.6 Å². The van der Waals surface area contributed by atoms with Crippen LogP contribution < -0.4 is 10.1 Å². The molecule has 5 nitrogen and oxygen atoms in total. The minimum Gasteiger partial charge on any atom is -0.484 e. The van der Waals surface area contributed by atoms with Crippen molar-refractivity contribution < 1.29 is 14.3 Å². The van der Waals surface area contributed by atoms with E-state index in [2.05, 4.69) is 5.32 Å². The number of benzene rings is 2. The molecule has 6 heteroatoms. The summed E-state index contributed by atoms with van der Waals surface area (Å²) in [7, 11) is 0. The molecule has 0 unspecified atom stereocenters. The molecule has 0 bridgehead atoms. The molecule has 0 aliphatic carbocycles. The van der Waals surface area contributed by atoms with E-state index < -0.39 is 5.41 Å². The van der Waals surface area contributed by atoms with Crippen molar-refractivity contribution in [2.24, 2.45) is 0 Å². The number of para-hydroxylation sites is 1. The first kappa shape index (κ1) is 17.9. The number of piperidine rings is 1. The van der Waals surface area contributed by atoms with Crippen LogP contribution in [0, 0.1) is 6.92 Å². The van der Waals surface area contributed by atoms with Crippen LogP contribution in [0.15, 0.2) is 42.5 Å². The van der Waals surface area contributed by atoms with Crippen molar-refractivity contribution in [2.45, 2.75) is 25.2 Å². The summed E-state index contributed by atoms with van der Waals surface area (Å²) in [6.07, 6.45) is 1.25. The van der Waals surface area contributed by atoms with E-state index in [-0.39, 0.29) is 18.4 Å². The van der Waals surface area contributed by atoms with E-state index in [1.165, 1.54) is 0 Å². The molecule has 140 valence electrons. The first-order valence-corrected chi connectivity index (χ1v) is 9.45. The molecule has 2 heterocycles. The second-order valence-corrected chi connectivity index (χ2v) is 7.57. The monoisotopic (exact) mass is 384 g/mol. The number of rotatable bonds is 3. The van der Waals surface area contributed by atoms with E-state index in [1.54, 1.807) is 17.0 Å². The Labute approximate surface area is 163 Å². The number of amides is 2. The molecule has 0 atom stereocenters. The van der Waals surface area contributed by atoms with Crippen molar-refractivity contribution in [3.8, 4) is 5.75 Å². The number of halogens is 1. The number of fused-ring (bicyclic) bond motifs is 2. The highest BCUT2D eigenvalue weighted by atomic mass is 35.5. The maximum atomic E-state index is 12.6. The third-order valence-electron chi connectivity index (χ3n) is 5.59. The Bertz CT molecular complexity index is 904. The zero-order chi connectivity index (χ0) is 19.0. The molecule has 1 fully saturated rings. The minimum atomic E-state index is -0.512. The van der Waals surface area contributed by atoms with Gasteiger partial charge in [0.25, 0.3) is 5.91 Å². The third-order valence-corrected chi connectivity index (χ3v) is 6.01. The fraction of sp³-hybridized carbons (Fsp3) is 0.333. The lowest BCUT2D eigenvalue weighted by Gasteiger charge is -2.37. The number of hydrogen-bond acceptors (Lipinski definition) is 3. The maximum absolute atomic E-state index is 12.6. The second-order valence-electron chi connectivity index (χ2n) is 7.16. The molecule has 0 saturated carbocycles. The molecule has 2 aliphatic rings. The lowest BCUT2D eigenvalue weighted by molar-refractivity contribution is -0.137. The Morgan fingerprint density at radius 3 is 2.70 bits per heavy atom. The van der Waals surface area contributed by atoms with E-state index in [0.717, 1.165) is 16.8 Å². The lowest BCUT2D eigenvalue weighted by atomic mass is 9.73. The van der Waals surface area contributed by atoms with Crippen LogP contribution >= 0.6 is 11.6 Å². The van der Waals surface area contributed by atoms with Crippen LogP contribution in [0.4, 0.5) is 5.69 Å². The van der Waals surface area contributed by atoms with Gasteiger partial charge in [0, 0.05) is 23.8 Å². The smallest absolute Gasteiger partial charge is 0.260 e. The Balaban J connectivity index is 1.38. The van der Waals surface area contributed by atoms with Gasteiger partial charge in [-0.15, -0.1) is 0 Å². The highest BCUT2D eigenvalue weighted by Gasteiger charge is 2.48. The molecule has 2 amide bonds. The maximum Gasteiger partial charge on any atom is 0.260 e. The predicted molar refractivity (Wildman–Crippen MR) is 104 cm³/mol. The molecule has 2 aromatic carbocycles. The quantitative estimate of drug-likeness (QED) is 0.880. The van der Waals surface area contributed by atoms with Gasteiger partial charge in [0.1, 0.15) is 5.75 Å². The molecule has 2 aromatic rings. The molecule has 4 rings (SSSR count). The highest BCUT2D eigenvalue weighted by Crippen LogP contribution is 2.44. The lowest BCUT2D eigenvalue weighted by Crippen LogP contribution is -2.49. The Hall–Kier alpha value is -2.53. The fourth-order valence-electron chi connectivity index (χ4n) is 3.95. The molecule has 1 spiro atoms. The first-order valence-electron chi connectivity index (χ1n) is 9.07. The van der Waals surface area contributed by atoms with Crippen molar-refractivity contribution in [3.63, 3.8) is 0 Å². The average molecular weight is 385 g/mol. The van der Waals surface area contributed by atoms with Crippen LogP contribution in [0.1, 0.15) is 24.0 Å². The Morgan fingerprint density at radius 1 is 1.22 bits per heavy atom. The molecule has 0 aromatic heterocycles. The molecule has 0 radical (unpaired) electrons. The van der Waals surface area contributed by atoms with E-state index in [0.29, 0.717) is 36.7 Å². The van der Waals surface area contributed by atoms with Crippen LogP contribution in [-0.2, 0) is 15.0 Å². The van der Waals surface area contributed by atoms with Gasteiger partial charge in [0.05, 0.1) is 5.41 Å². The van der Waals surface area contributed by atoms with E-state index in [4.69, 9.17) is 16.3 Å². The van der Waals surface area contributed by atoms with Crippen molar-refractivity contribution >= 4 is 29.1 Å². The van der Waals surface area contributed by atoms with Gasteiger partial charge in [-0.2, -0.15) is 0 Å². The van der Waals surface area contributed by atoms with Gasteiger partial charge in [0.15, 0.2) is 6.61 Å². The Kier molecular flexibility index (Phi) is 4.56. The van der Waals surface area contributed by atoms with E-state index in [9.17, 15) is 9.59 Å². The van der Waals surface area contributed by atoms with Gasteiger partial charge in [-0.25, -0.2) is 0 Å². The minimum absolute atomic E-state index is 0.0170. The SMILES string of the molecule is Cc1cc(OCC(=O)N2CCC3(CC2)C(=O)Nc2ccccc23)ccc1Cl. The van der Waals surface area contributed by atoms with Gasteiger partial charge in [-0.1, -0.05) is 29.8 Å². The number of ether oxygens (including phenoxy) is 1. The number of aryl methyl sites for hydroxylation is 1. The number of carbonyl (C=O) groups is 2. The van der Waals surface area contributed by atoms with Crippen LogP contribution in [-0.4, -0.2) is 36.4 Å². The Morgan fingerprint density at radius 2 is 1.96 bits per heavy atom. The predicted octanol–water partition coefficient (Wildman–Crippen LogP) is 3.54. The van der Waals surface area contributed by atoms with Crippen molar-refractivity contribution in [1.82, 2.24) is 4.90 Å². The van der Waals surface area contributed by atoms with Crippen LogP contribution in [0.25, 0.3) is 0 Å². The number of carbonyl (C=O) groups excluding carboxylic acids is 2. The molecule has 2 aliphatic heterocycles. The highest BCUT2D eigenvalue weighted by molar-refractivity contribution is 6.31. The standard InChI is InChI=1S/C21H21ClN2O3/c1-14-12-15(6-7-17(14)22)27-13-19(25)24-10-8-21(9-11-24)16-4-2-3-5-18(16)23-20(21)26/h2-7,12H,8-11,13H2,1H3,(H,23,26). The summed E-state index contributed by atoms with van der Waals surface area (Å²) < 4.78 is 5.62. The van der Waals surface area contributed by atoms with Gasteiger partial charge in [0.2, 0.25) is 5.91 Å². The number of likely N-dealkylation sites (tertiary alicyclic amines) is 1. The number of nitrogens with one attached hydrogen (secondary N) is 1. The summed E-state index contributed by atoms with van der Waals surface area (Å²) in [6.45, 7) is 2.97. The largest absolute Gasteiger partial charge is 0.484 e. The summed E-state index contributed by atoms with van der Waals surface area (Å²) in [5.74, 6) is 0.607. The number of nitrogens with zero attached hydrogens (tertiary/aromatic N) is 1. The normalized spacial score (nSPS) is 17.6. The average Bonchev–Trinajstić information content (AvgIpc) is 2.95. The summed E-state index contributed by atoms with van der Waals surface area (Å²) in [6, 6.07) is 13.2. The molecular weight excluding hydrogens is 364 g/mol. The van der Waals surface area contributed by atoms with Crippen LogP contribution in [0.5, 0.6) is 5.75 Å². The first-order chi connectivity index (χ1) is 13.0. The molecule has 27 heavy (non-hydrogen) atoms. The van der Waals surface area contributed by atoms with E-state index >= 15 is 0 Å². The van der Waals surface area contributed by atoms with E-state index in [1.807, 2.05) is 37.3 Å². The van der Waals surface area contributed by atoms with Crippen molar-refractivity contribution in [2.75, 3.05) is 25.0 Å². The van der Waals surface area contributed by atoms with Gasteiger partial charge < -0.3 is 15.0 Å². The molecule has 1 N–H and O–H groups in total. The molecular formula is C21H21ClN2O3. The molecule has 1 saturated heterocycles. The summed E-state index contributed by atoms with van der Waals surface area (Å²) in [5.41, 5.74) is 2.34. The second kappa shape index (κ2) is 6.89. The van der Waals surface area contributed by atoms with Crippen molar-refractivity contribution in [1.29, 1.82) is 0 Å². The zero-order valence-electron chi connectivity index (χ0n) is 15.1. The summed E-state index contributed by atoms with van der Waals surface area (Å²) in [4.78, 5) is 26.9. The van der Waals surface area contributed by atoms with Gasteiger partial charge >= 0.3 is 0 Å². The topological polar surface area (TPSA) is 58.6 Å². The fourth-order valence-corrected chi connectivity index (χ4v) is 4.07. The van der Waals surface area contributed by atoms with Crippen LogP contribution in [0.3, 0.4) is 0 Å². The van der Waals surface area contributed by atoms with Gasteiger partial charge in [-0.05, 0) is 55.2 Å². The van der Waals surface area contributed by atoms with Gasteiger partial charge in [-0.3, -0.25) is 9.59 Å². The van der Waals surface area contributed by atoms with Crippen LogP contribution in [0.2, 0.25) is 5.02 Å². The number of hydrogen-bond donors (Lipinski definition) is 1. The number of anilines is 1. The summed E-state index contributed by atoms with van der Waals surface area (Å²) in [5, 5.41) is 3.65. The summed E-state index contributed by atoms with van der Waals surface area (Å²) >= 11 is 6.01. The zero-order valence-corrected chi connectivity index (χ0v) is 15.9.